The van der Waals surface area contributed by atoms with Crippen molar-refractivity contribution < 1.29 is 10.2 Å². The van der Waals surface area contributed by atoms with Crippen LogP contribution in [0.4, 0.5) is 11.8 Å². The predicted octanol–water partition coefficient (Wildman–Crippen LogP) is 0.343. The standard InChI is InChI=1S/C15H18N6O2S/c1-2-15(6-22)9(23)5-10(24-15)21-7-17-12-11(21)13(18-8-3-4-8)20-14(16)19-12/h1,7-10,22-23H,3-6H2,(H3,16,18,19,20). The third kappa shape index (κ3) is 2.38. The molecular formula is C15H18N6O2S. The topological polar surface area (TPSA) is 122 Å². The van der Waals surface area contributed by atoms with Gasteiger partial charge < -0.3 is 25.8 Å². The van der Waals surface area contributed by atoms with Gasteiger partial charge >= 0.3 is 0 Å². The van der Waals surface area contributed by atoms with Gasteiger partial charge in [0.05, 0.1) is 24.4 Å². The number of anilines is 2. The molecule has 0 aromatic carbocycles. The Morgan fingerprint density at radius 3 is 2.92 bits per heavy atom. The Bertz CT molecular complexity index is 829. The smallest absolute Gasteiger partial charge is 0.224 e. The lowest BCUT2D eigenvalue weighted by Crippen LogP contribution is -2.36. The first-order chi connectivity index (χ1) is 11.6. The van der Waals surface area contributed by atoms with Crippen LogP contribution in [0.3, 0.4) is 0 Å². The molecule has 3 atom stereocenters. The number of aromatic nitrogens is 4. The van der Waals surface area contributed by atoms with Crippen LogP contribution in [0.15, 0.2) is 6.33 Å². The number of aliphatic hydroxyl groups is 2. The van der Waals surface area contributed by atoms with Gasteiger partial charge in [-0.25, -0.2) is 4.98 Å². The van der Waals surface area contributed by atoms with Gasteiger partial charge in [-0.2, -0.15) is 9.97 Å². The van der Waals surface area contributed by atoms with E-state index < -0.39 is 10.9 Å². The van der Waals surface area contributed by atoms with Gasteiger partial charge in [0.1, 0.15) is 10.3 Å². The van der Waals surface area contributed by atoms with E-state index in [-0.39, 0.29) is 17.9 Å². The summed E-state index contributed by atoms with van der Waals surface area (Å²) in [5.41, 5.74) is 7.02. The largest absolute Gasteiger partial charge is 0.394 e. The number of rotatable bonds is 4. The second kappa shape index (κ2) is 5.51. The summed E-state index contributed by atoms with van der Waals surface area (Å²) in [4.78, 5) is 12.8. The highest BCUT2D eigenvalue weighted by Gasteiger charge is 2.47. The number of hydrogen-bond acceptors (Lipinski definition) is 8. The summed E-state index contributed by atoms with van der Waals surface area (Å²) in [6, 6.07) is 0.398. The minimum Gasteiger partial charge on any atom is -0.394 e. The number of nitrogens with one attached hydrogen (secondary N) is 1. The van der Waals surface area contributed by atoms with Crippen LogP contribution in [-0.2, 0) is 0 Å². The quantitative estimate of drug-likeness (QED) is 0.585. The molecule has 9 heteroatoms. The maximum absolute atomic E-state index is 10.3. The fourth-order valence-electron chi connectivity index (χ4n) is 2.94. The summed E-state index contributed by atoms with van der Waals surface area (Å²) in [6.45, 7) is -0.283. The number of nitrogen functional groups attached to an aromatic ring is 1. The Labute approximate surface area is 142 Å². The van der Waals surface area contributed by atoms with Crippen LogP contribution in [0, 0.1) is 12.3 Å². The highest BCUT2D eigenvalue weighted by Crippen LogP contribution is 2.50. The maximum Gasteiger partial charge on any atom is 0.224 e. The van der Waals surface area contributed by atoms with Crippen LogP contribution in [-0.4, -0.2) is 53.2 Å². The van der Waals surface area contributed by atoms with E-state index in [2.05, 4.69) is 26.2 Å². The van der Waals surface area contributed by atoms with Crippen molar-refractivity contribution in [3.63, 3.8) is 0 Å². The molecule has 2 fully saturated rings. The van der Waals surface area contributed by atoms with Crippen molar-refractivity contribution in [1.82, 2.24) is 19.5 Å². The first kappa shape index (κ1) is 15.5. The average Bonchev–Trinajstić information content (AvgIpc) is 3.17. The highest BCUT2D eigenvalue weighted by molar-refractivity contribution is 8.01. The molecule has 3 unspecified atom stereocenters. The van der Waals surface area contributed by atoms with E-state index in [4.69, 9.17) is 12.2 Å². The van der Waals surface area contributed by atoms with E-state index in [1.807, 2.05) is 4.57 Å². The number of nitrogens with two attached hydrogens (primary N) is 1. The zero-order valence-corrected chi connectivity index (χ0v) is 13.7. The molecule has 0 bridgehead atoms. The fraction of sp³-hybridized carbons (Fsp3) is 0.533. The molecular weight excluding hydrogens is 328 g/mol. The molecule has 1 aliphatic carbocycles. The summed E-state index contributed by atoms with van der Waals surface area (Å²) < 4.78 is 0.905. The van der Waals surface area contributed by atoms with Crippen LogP contribution in [0.25, 0.3) is 11.2 Å². The molecule has 5 N–H and O–H groups in total. The molecule has 1 saturated heterocycles. The number of hydrogen-bond donors (Lipinski definition) is 4. The van der Waals surface area contributed by atoms with Gasteiger partial charge in [0.15, 0.2) is 11.5 Å². The van der Waals surface area contributed by atoms with E-state index in [9.17, 15) is 10.2 Å². The van der Waals surface area contributed by atoms with Crippen molar-refractivity contribution in [1.29, 1.82) is 0 Å². The van der Waals surface area contributed by atoms with Gasteiger partial charge in [-0.05, 0) is 12.8 Å². The molecule has 126 valence electrons. The van der Waals surface area contributed by atoms with Crippen LogP contribution < -0.4 is 11.1 Å². The third-order valence-corrected chi connectivity index (χ3v) is 6.09. The molecule has 8 nitrogen and oxygen atoms in total. The van der Waals surface area contributed by atoms with Crippen molar-refractivity contribution in [2.75, 3.05) is 17.7 Å². The Balaban J connectivity index is 1.76. The number of aliphatic hydroxyl groups excluding tert-OH is 2. The Hall–Kier alpha value is -2.02. The minimum atomic E-state index is -1.000. The van der Waals surface area contributed by atoms with Gasteiger partial charge in [0.2, 0.25) is 5.95 Å². The van der Waals surface area contributed by atoms with Gasteiger partial charge in [-0.15, -0.1) is 18.2 Å². The zero-order chi connectivity index (χ0) is 16.9. The molecule has 1 aliphatic heterocycles. The second-order valence-electron chi connectivity index (χ2n) is 6.19. The predicted molar refractivity (Wildman–Crippen MR) is 92.3 cm³/mol. The molecule has 4 rings (SSSR count). The van der Waals surface area contributed by atoms with Crippen LogP contribution in [0.2, 0.25) is 0 Å². The zero-order valence-electron chi connectivity index (χ0n) is 12.9. The average molecular weight is 346 g/mol. The van der Waals surface area contributed by atoms with E-state index in [0.717, 1.165) is 18.4 Å². The number of imidazole rings is 1. The molecule has 0 radical (unpaired) electrons. The van der Waals surface area contributed by atoms with E-state index >= 15 is 0 Å². The molecule has 2 aromatic rings. The second-order valence-corrected chi connectivity index (χ2v) is 7.70. The first-order valence-corrected chi connectivity index (χ1v) is 8.65. The molecule has 1 saturated carbocycles. The molecule has 3 heterocycles. The van der Waals surface area contributed by atoms with Crippen LogP contribution in [0.1, 0.15) is 24.6 Å². The van der Waals surface area contributed by atoms with E-state index in [1.165, 1.54) is 11.8 Å². The highest BCUT2D eigenvalue weighted by atomic mass is 32.2. The van der Waals surface area contributed by atoms with Gasteiger partial charge in [-0.1, -0.05) is 5.92 Å². The SMILES string of the molecule is C#CC1(CO)SC(n2cnc3nc(N)nc(NC4CC4)c32)CC1O. The summed E-state index contributed by atoms with van der Waals surface area (Å²) in [7, 11) is 0. The Morgan fingerprint density at radius 1 is 1.50 bits per heavy atom. The summed E-state index contributed by atoms with van der Waals surface area (Å²) in [6.07, 6.45) is 9.02. The Kier molecular flexibility index (Phi) is 3.56. The van der Waals surface area contributed by atoms with Crippen molar-refractivity contribution in [2.24, 2.45) is 0 Å². The summed E-state index contributed by atoms with van der Waals surface area (Å²) >= 11 is 1.36. The maximum atomic E-state index is 10.3. The molecule has 24 heavy (non-hydrogen) atoms. The van der Waals surface area contributed by atoms with Crippen molar-refractivity contribution in [3.05, 3.63) is 6.33 Å². The number of thioether (sulfide) groups is 1. The fourth-order valence-corrected chi connectivity index (χ4v) is 4.38. The monoisotopic (exact) mass is 346 g/mol. The normalized spacial score (nSPS) is 29.7. The number of nitrogens with zero attached hydrogens (tertiary/aromatic N) is 4. The van der Waals surface area contributed by atoms with Gasteiger partial charge in [0.25, 0.3) is 0 Å². The van der Waals surface area contributed by atoms with Crippen LogP contribution in [0.5, 0.6) is 0 Å². The molecule has 0 amide bonds. The molecule has 2 aromatic heterocycles. The first-order valence-electron chi connectivity index (χ1n) is 7.77. The van der Waals surface area contributed by atoms with Gasteiger partial charge in [-0.3, -0.25) is 0 Å². The lowest BCUT2D eigenvalue weighted by Gasteiger charge is -2.23. The summed E-state index contributed by atoms with van der Waals surface area (Å²) in [5.74, 6) is 3.36. The van der Waals surface area contributed by atoms with E-state index in [0.29, 0.717) is 23.9 Å². The minimum absolute atomic E-state index is 0.167. The van der Waals surface area contributed by atoms with Crippen molar-refractivity contribution in [2.45, 2.75) is 41.5 Å². The number of terminal acetylenes is 1. The number of fused-ring (bicyclic) bond motifs is 1. The van der Waals surface area contributed by atoms with Crippen molar-refractivity contribution in [3.8, 4) is 12.3 Å². The lowest BCUT2D eigenvalue weighted by atomic mass is 10.0. The lowest BCUT2D eigenvalue weighted by molar-refractivity contribution is 0.114. The third-order valence-electron chi connectivity index (χ3n) is 4.46. The summed E-state index contributed by atoms with van der Waals surface area (Å²) in [5, 5.41) is 23.1. The van der Waals surface area contributed by atoms with E-state index in [1.54, 1.807) is 6.33 Å². The molecule has 0 spiro atoms. The molecule has 2 aliphatic rings. The van der Waals surface area contributed by atoms with Gasteiger partial charge in [0, 0.05) is 12.5 Å². The van der Waals surface area contributed by atoms with Crippen LogP contribution >= 0.6 is 11.8 Å². The Morgan fingerprint density at radius 2 is 2.29 bits per heavy atom. The van der Waals surface area contributed by atoms with Crippen molar-refractivity contribution >= 4 is 34.7 Å².